The Hall–Kier alpha value is -0.510. The predicted octanol–water partition coefficient (Wildman–Crippen LogP) is 3.91. The molecule has 2 N–H and O–H groups in total. The van der Waals surface area contributed by atoms with Gasteiger partial charge in [0.05, 0.1) is 5.60 Å². The Kier molecular flexibility index (Phi) is 3.64. The lowest BCUT2D eigenvalue weighted by atomic mass is 9.51. The highest BCUT2D eigenvalue weighted by molar-refractivity contribution is 8.32. The van der Waals surface area contributed by atoms with Crippen LogP contribution in [0.4, 0.5) is 0 Å². The Morgan fingerprint density at radius 1 is 1.04 bits per heavy atom. The number of benzene rings is 1. The number of rotatable bonds is 4. The third kappa shape index (κ3) is 3.08. The van der Waals surface area contributed by atoms with Gasteiger partial charge in [-0.1, -0.05) is 12.1 Å². The minimum absolute atomic E-state index is 0.201. The van der Waals surface area contributed by atoms with Crippen molar-refractivity contribution >= 4 is 10.0 Å². The fourth-order valence-corrected chi connectivity index (χ4v) is 6.68. The summed E-state index contributed by atoms with van der Waals surface area (Å²) in [5, 5.41) is 14.7. The van der Waals surface area contributed by atoms with Gasteiger partial charge in [-0.2, -0.15) is 0 Å². The number of hydrogen-bond acceptors (Lipinski definition) is 2. The molecule has 0 amide bonds. The van der Waals surface area contributed by atoms with Crippen molar-refractivity contribution < 1.29 is 5.11 Å². The monoisotopic (exact) mass is 333 g/mol. The zero-order valence-corrected chi connectivity index (χ0v) is 15.6. The lowest BCUT2D eigenvalue weighted by molar-refractivity contribution is -0.142. The molecule has 4 aliphatic carbocycles. The van der Waals surface area contributed by atoms with Gasteiger partial charge in [-0.05, 0) is 91.7 Å². The highest BCUT2D eigenvalue weighted by Crippen LogP contribution is 2.57. The molecule has 4 fully saturated rings. The number of nitrogens with one attached hydrogen (secondary N) is 1. The minimum atomic E-state index is -0.633. The van der Waals surface area contributed by atoms with Crippen molar-refractivity contribution in [2.75, 3.05) is 18.8 Å². The van der Waals surface area contributed by atoms with Crippen LogP contribution >= 0.6 is 10.0 Å². The Bertz CT molecular complexity index is 575. The summed E-state index contributed by atoms with van der Waals surface area (Å²) in [6.45, 7) is 0.940. The third-order valence-corrected chi connectivity index (χ3v) is 8.01. The van der Waals surface area contributed by atoms with Crippen LogP contribution in [0, 0.1) is 11.8 Å². The maximum atomic E-state index is 10.9. The summed E-state index contributed by atoms with van der Waals surface area (Å²) < 4.78 is 0. The lowest BCUT2D eigenvalue weighted by Gasteiger charge is -2.60. The largest absolute Gasteiger partial charge is 0.390 e. The van der Waals surface area contributed by atoms with E-state index in [2.05, 4.69) is 48.3 Å². The van der Waals surface area contributed by atoms with Crippen molar-refractivity contribution in [3.05, 3.63) is 29.8 Å². The second-order valence-corrected chi connectivity index (χ2v) is 13.4. The van der Waals surface area contributed by atoms with Gasteiger partial charge in [0.2, 0.25) is 0 Å². The standard InChI is InChI=1S/C20H31NOS/c1-23(2,3)18-6-4-15(5-7-18)13-21-19-9-16-8-17(10-19)12-20(22,11-16)14-19/h4-7,16-17,21-22H,8-14H2,1-3H3. The van der Waals surface area contributed by atoms with E-state index in [-0.39, 0.29) is 11.1 Å². The van der Waals surface area contributed by atoms with Crippen LogP contribution < -0.4 is 5.32 Å². The van der Waals surface area contributed by atoms with E-state index >= 15 is 0 Å². The van der Waals surface area contributed by atoms with Gasteiger partial charge in [-0.25, -0.2) is 10.0 Å². The Balaban J connectivity index is 1.45. The second-order valence-electron chi connectivity index (χ2n) is 9.30. The van der Waals surface area contributed by atoms with Gasteiger partial charge >= 0.3 is 0 Å². The molecular formula is C20H31NOS. The average molecular weight is 334 g/mol. The quantitative estimate of drug-likeness (QED) is 0.875. The maximum absolute atomic E-state index is 10.9. The van der Waals surface area contributed by atoms with Crippen molar-refractivity contribution in [3.8, 4) is 0 Å². The van der Waals surface area contributed by atoms with E-state index in [0.29, 0.717) is 0 Å². The second kappa shape index (κ2) is 5.24. The molecule has 1 aromatic rings. The summed E-state index contributed by atoms with van der Waals surface area (Å²) >= 11 is 0. The molecule has 2 unspecified atom stereocenters. The molecule has 0 spiro atoms. The predicted molar refractivity (Wildman–Crippen MR) is 99.3 cm³/mol. The highest BCUT2D eigenvalue weighted by atomic mass is 32.3. The molecule has 4 saturated carbocycles. The van der Waals surface area contributed by atoms with Gasteiger partial charge in [0.25, 0.3) is 0 Å². The van der Waals surface area contributed by atoms with Crippen LogP contribution in [0.5, 0.6) is 0 Å². The van der Waals surface area contributed by atoms with Gasteiger partial charge < -0.3 is 10.4 Å². The fraction of sp³-hybridized carbons (Fsp3) is 0.700. The molecule has 23 heavy (non-hydrogen) atoms. The molecule has 0 radical (unpaired) electrons. The molecule has 4 aliphatic rings. The molecule has 0 aromatic heterocycles. The van der Waals surface area contributed by atoms with E-state index in [1.807, 2.05) is 0 Å². The molecule has 5 rings (SSSR count). The molecule has 0 heterocycles. The normalized spacial score (nSPS) is 39.7. The van der Waals surface area contributed by atoms with Gasteiger partial charge in [-0.3, -0.25) is 0 Å². The first-order valence-corrected chi connectivity index (χ1v) is 11.9. The van der Waals surface area contributed by atoms with E-state index in [1.165, 1.54) is 29.7 Å². The van der Waals surface area contributed by atoms with E-state index in [0.717, 1.165) is 37.6 Å². The molecule has 0 aliphatic heterocycles. The lowest BCUT2D eigenvalue weighted by Crippen LogP contribution is -2.64. The van der Waals surface area contributed by atoms with E-state index in [4.69, 9.17) is 0 Å². The van der Waals surface area contributed by atoms with Gasteiger partial charge in [0.15, 0.2) is 0 Å². The zero-order valence-electron chi connectivity index (χ0n) is 14.8. The summed E-state index contributed by atoms with van der Waals surface area (Å²) in [6, 6.07) is 9.19. The molecule has 2 atom stereocenters. The third-order valence-electron chi connectivity index (χ3n) is 6.33. The van der Waals surface area contributed by atoms with Crippen molar-refractivity contribution in [1.29, 1.82) is 0 Å². The van der Waals surface area contributed by atoms with Crippen molar-refractivity contribution in [2.45, 2.75) is 61.1 Å². The van der Waals surface area contributed by atoms with Gasteiger partial charge in [0.1, 0.15) is 0 Å². The molecule has 128 valence electrons. The van der Waals surface area contributed by atoms with E-state index in [1.54, 1.807) is 0 Å². The van der Waals surface area contributed by atoms with Crippen LogP contribution in [-0.2, 0) is 6.54 Å². The molecule has 3 heteroatoms. The Morgan fingerprint density at radius 2 is 1.65 bits per heavy atom. The van der Waals surface area contributed by atoms with Crippen molar-refractivity contribution in [1.82, 2.24) is 5.32 Å². The molecule has 1 aromatic carbocycles. The van der Waals surface area contributed by atoms with Crippen LogP contribution in [0.2, 0.25) is 0 Å². The van der Waals surface area contributed by atoms with Crippen LogP contribution in [0.1, 0.15) is 44.1 Å². The molecule has 2 nitrogen and oxygen atoms in total. The first kappa shape index (κ1) is 16.0. The van der Waals surface area contributed by atoms with Crippen molar-refractivity contribution in [2.24, 2.45) is 11.8 Å². The summed E-state index contributed by atoms with van der Waals surface area (Å²) in [7, 11) is -0.633. The Morgan fingerprint density at radius 3 is 2.17 bits per heavy atom. The minimum Gasteiger partial charge on any atom is -0.390 e. The number of aliphatic hydroxyl groups is 1. The van der Waals surface area contributed by atoms with Crippen LogP contribution in [0.25, 0.3) is 0 Å². The fourth-order valence-electron chi connectivity index (χ4n) is 5.73. The average Bonchev–Trinajstić information content (AvgIpc) is 2.42. The first-order valence-electron chi connectivity index (χ1n) is 9.00. The first-order chi connectivity index (χ1) is 10.8. The topological polar surface area (TPSA) is 32.3 Å². The van der Waals surface area contributed by atoms with Gasteiger partial charge in [0, 0.05) is 12.1 Å². The van der Waals surface area contributed by atoms with Gasteiger partial charge in [-0.15, -0.1) is 0 Å². The Labute approximate surface area is 142 Å². The summed E-state index contributed by atoms with van der Waals surface area (Å²) in [6.07, 6.45) is 14.0. The molecular weight excluding hydrogens is 302 g/mol. The highest BCUT2D eigenvalue weighted by Gasteiger charge is 2.56. The smallest absolute Gasteiger partial charge is 0.0670 e. The van der Waals surface area contributed by atoms with Crippen LogP contribution in [0.3, 0.4) is 0 Å². The SMILES string of the molecule is CS(C)(C)c1ccc(CNC23CC4CC(CC(O)(C4)C2)C3)cc1. The molecule has 0 saturated heterocycles. The number of hydrogen-bond donors (Lipinski definition) is 2. The van der Waals surface area contributed by atoms with E-state index in [9.17, 15) is 5.11 Å². The van der Waals surface area contributed by atoms with Crippen LogP contribution in [0.15, 0.2) is 29.2 Å². The maximum Gasteiger partial charge on any atom is 0.0670 e. The summed E-state index contributed by atoms with van der Waals surface area (Å²) in [5.74, 6) is 1.50. The zero-order chi connectivity index (χ0) is 16.3. The van der Waals surface area contributed by atoms with Crippen molar-refractivity contribution in [3.63, 3.8) is 0 Å². The summed E-state index contributed by atoms with van der Waals surface area (Å²) in [4.78, 5) is 1.48. The summed E-state index contributed by atoms with van der Waals surface area (Å²) in [5.41, 5.74) is 1.21. The molecule has 4 bridgehead atoms. The van der Waals surface area contributed by atoms with Crippen LogP contribution in [-0.4, -0.2) is 35.0 Å². The van der Waals surface area contributed by atoms with E-state index < -0.39 is 10.0 Å².